The fraction of sp³-hybridized carbons (Fsp3) is 0.381. The molecule has 0 spiro atoms. The number of hydrogen-bond acceptors (Lipinski definition) is 4. The summed E-state index contributed by atoms with van der Waals surface area (Å²) in [6.45, 7) is 3.12. The summed E-state index contributed by atoms with van der Waals surface area (Å²) in [5.41, 5.74) is 1.99. The summed E-state index contributed by atoms with van der Waals surface area (Å²) in [5, 5.41) is 10.1. The largest absolute Gasteiger partial charge is 0.496 e. The van der Waals surface area contributed by atoms with E-state index in [1.165, 1.54) is 0 Å². The Morgan fingerprint density at radius 2 is 2.08 bits per heavy atom. The molecule has 138 valence electrons. The summed E-state index contributed by atoms with van der Waals surface area (Å²) in [4.78, 5) is 14.7. The van der Waals surface area contributed by atoms with E-state index in [0.717, 1.165) is 11.1 Å². The molecule has 0 bridgehead atoms. The van der Waals surface area contributed by atoms with Gasteiger partial charge in [-0.2, -0.15) is 0 Å². The average molecular weight is 355 g/mol. The molecule has 3 rings (SSSR count). The molecular weight excluding hydrogens is 330 g/mol. The van der Waals surface area contributed by atoms with E-state index in [1.54, 1.807) is 24.1 Å². The molecule has 1 unspecified atom stereocenters. The molecule has 1 saturated heterocycles. The molecule has 1 N–H and O–H groups in total. The lowest BCUT2D eigenvalue weighted by molar-refractivity contribution is -0.123. The van der Waals surface area contributed by atoms with Crippen molar-refractivity contribution >= 4 is 5.91 Å². The molecule has 0 saturated carbocycles. The fourth-order valence-corrected chi connectivity index (χ4v) is 3.46. The van der Waals surface area contributed by atoms with Gasteiger partial charge in [-0.1, -0.05) is 42.0 Å². The highest BCUT2D eigenvalue weighted by atomic mass is 16.5. The number of ether oxygens (including phenoxy) is 2. The number of carbonyl (C=O) groups excluding carboxylic acids is 1. The molecule has 1 atom stereocenters. The molecule has 2 aromatic rings. The normalized spacial score (nSPS) is 20.0. The van der Waals surface area contributed by atoms with Crippen molar-refractivity contribution in [2.24, 2.45) is 0 Å². The summed E-state index contributed by atoms with van der Waals surface area (Å²) in [6, 6.07) is 15.3. The predicted molar refractivity (Wildman–Crippen MR) is 99.5 cm³/mol. The van der Waals surface area contributed by atoms with E-state index in [-0.39, 0.29) is 12.5 Å². The van der Waals surface area contributed by atoms with Gasteiger partial charge in [0.05, 0.1) is 32.4 Å². The molecule has 5 heteroatoms. The van der Waals surface area contributed by atoms with Crippen molar-refractivity contribution in [1.29, 1.82) is 0 Å². The zero-order valence-electron chi connectivity index (χ0n) is 15.3. The number of benzene rings is 2. The van der Waals surface area contributed by atoms with Crippen LogP contribution in [0.3, 0.4) is 0 Å². The SMILES string of the molecule is COc1ccccc1C(=O)N1CCOC(CO)(Cc2cccc(C)c2)C1. The summed E-state index contributed by atoms with van der Waals surface area (Å²) >= 11 is 0. The van der Waals surface area contributed by atoms with Gasteiger partial charge in [-0.15, -0.1) is 0 Å². The van der Waals surface area contributed by atoms with Gasteiger partial charge in [0, 0.05) is 13.0 Å². The Morgan fingerprint density at radius 3 is 2.81 bits per heavy atom. The fourth-order valence-electron chi connectivity index (χ4n) is 3.46. The zero-order chi connectivity index (χ0) is 18.6. The second kappa shape index (κ2) is 7.89. The number of methoxy groups -OCH3 is 1. The van der Waals surface area contributed by atoms with Crippen LogP contribution in [0.4, 0.5) is 0 Å². The third-order valence-electron chi connectivity index (χ3n) is 4.77. The molecule has 1 aliphatic rings. The van der Waals surface area contributed by atoms with Crippen molar-refractivity contribution in [3.63, 3.8) is 0 Å². The van der Waals surface area contributed by atoms with Crippen LogP contribution in [0.15, 0.2) is 48.5 Å². The molecule has 5 nitrogen and oxygen atoms in total. The Hall–Kier alpha value is -2.37. The van der Waals surface area contributed by atoms with Crippen molar-refractivity contribution in [3.8, 4) is 5.75 Å². The molecular formula is C21H25NO4. The maximum atomic E-state index is 13.0. The monoisotopic (exact) mass is 355 g/mol. The first-order chi connectivity index (χ1) is 12.6. The first kappa shape index (κ1) is 18.4. The van der Waals surface area contributed by atoms with Crippen molar-refractivity contribution < 1.29 is 19.4 Å². The lowest BCUT2D eigenvalue weighted by Gasteiger charge is -2.42. The number of carbonyl (C=O) groups is 1. The Morgan fingerprint density at radius 1 is 1.27 bits per heavy atom. The highest BCUT2D eigenvalue weighted by Crippen LogP contribution is 2.26. The number of aliphatic hydroxyl groups is 1. The Bertz CT molecular complexity index is 776. The number of hydrogen-bond donors (Lipinski definition) is 1. The Labute approximate surface area is 154 Å². The van der Waals surface area contributed by atoms with E-state index >= 15 is 0 Å². The van der Waals surface area contributed by atoms with Crippen LogP contribution in [-0.4, -0.2) is 54.9 Å². The molecule has 2 aromatic carbocycles. The lowest BCUT2D eigenvalue weighted by Crippen LogP contribution is -2.56. The summed E-state index contributed by atoms with van der Waals surface area (Å²) in [6.07, 6.45) is 0.556. The Balaban J connectivity index is 1.81. The minimum Gasteiger partial charge on any atom is -0.496 e. The van der Waals surface area contributed by atoms with Crippen molar-refractivity contribution in [2.45, 2.75) is 18.9 Å². The standard InChI is InChI=1S/C21H25NO4/c1-16-6-5-7-17(12-16)13-21(15-23)14-22(10-11-26-21)20(24)18-8-3-4-9-19(18)25-2/h3-9,12,23H,10-11,13-15H2,1-2H3. The number of aryl methyl sites for hydroxylation is 1. The first-order valence-electron chi connectivity index (χ1n) is 8.79. The van der Waals surface area contributed by atoms with Crippen LogP contribution in [0.5, 0.6) is 5.75 Å². The number of morpholine rings is 1. The molecule has 0 aromatic heterocycles. The second-order valence-corrected chi connectivity index (χ2v) is 6.78. The highest BCUT2D eigenvalue weighted by molar-refractivity contribution is 5.97. The van der Waals surface area contributed by atoms with Crippen LogP contribution < -0.4 is 4.74 Å². The van der Waals surface area contributed by atoms with Crippen LogP contribution in [-0.2, 0) is 11.2 Å². The van der Waals surface area contributed by atoms with Gasteiger partial charge in [-0.25, -0.2) is 0 Å². The lowest BCUT2D eigenvalue weighted by atomic mass is 9.92. The van der Waals surface area contributed by atoms with E-state index in [9.17, 15) is 9.90 Å². The Kier molecular flexibility index (Phi) is 5.59. The van der Waals surface area contributed by atoms with E-state index in [4.69, 9.17) is 9.47 Å². The molecule has 1 aliphatic heterocycles. The van der Waals surface area contributed by atoms with E-state index in [0.29, 0.717) is 37.4 Å². The third-order valence-corrected chi connectivity index (χ3v) is 4.77. The van der Waals surface area contributed by atoms with Crippen LogP contribution in [0.25, 0.3) is 0 Å². The molecule has 1 fully saturated rings. The van der Waals surface area contributed by atoms with Gasteiger partial charge < -0.3 is 19.5 Å². The molecule has 0 radical (unpaired) electrons. The number of para-hydroxylation sites is 1. The van der Waals surface area contributed by atoms with Crippen molar-refractivity contribution in [2.75, 3.05) is 33.4 Å². The van der Waals surface area contributed by atoms with Gasteiger partial charge in [0.25, 0.3) is 5.91 Å². The third kappa shape index (κ3) is 3.89. The predicted octanol–water partition coefficient (Wildman–Crippen LogP) is 2.45. The summed E-state index contributed by atoms with van der Waals surface area (Å²) in [5.74, 6) is 0.449. The molecule has 0 aliphatic carbocycles. The molecule has 1 amide bonds. The van der Waals surface area contributed by atoms with Gasteiger partial charge in [0.2, 0.25) is 0 Å². The van der Waals surface area contributed by atoms with Crippen LogP contribution >= 0.6 is 0 Å². The number of rotatable bonds is 5. The number of nitrogens with zero attached hydrogens (tertiary/aromatic N) is 1. The van der Waals surface area contributed by atoms with Crippen LogP contribution in [0.2, 0.25) is 0 Å². The van der Waals surface area contributed by atoms with E-state index in [2.05, 4.69) is 6.07 Å². The summed E-state index contributed by atoms with van der Waals surface area (Å²) < 4.78 is 11.3. The minimum atomic E-state index is -0.788. The second-order valence-electron chi connectivity index (χ2n) is 6.78. The van der Waals surface area contributed by atoms with Gasteiger partial charge in [-0.05, 0) is 24.6 Å². The zero-order valence-corrected chi connectivity index (χ0v) is 15.3. The topological polar surface area (TPSA) is 59.0 Å². The van der Waals surface area contributed by atoms with Gasteiger partial charge >= 0.3 is 0 Å². The quantitative estimate of drug-likeness (QED) is 0.895. The first-order valence-corrected chi connectivity index (χ1v) is 8.79. The molecule has 1 heterocycles. The maximum absolute atomic E-state index is 13.0. The number of amides is 1. The smallest absolute Gasteiger partial charge is 0.257 e. The van der Waals surface area contributed by atoms with E-state index < -0.39 is 5.60 Å². The average Bonchev–Trinajstić information content (AvgIpc) is 2.67. The number of aliphatic hydroxyl groups excluding tert-OH is 1. The van der Waals surface area contributed by atoms with Gasteiger partial charge in [-0.3, -0.25) is 4.79 Å². The van der Waals surface area contributed by atoms with Crippen LogP contribution in [0, 0.1) is 6.92 Å². The molecule has 26 heavy (non-hydrogen) atoms. The van der Waals surface area contributed by atoms with Crippen molar-refractivity contribution in [1.82, 2.24) is 4.90 Å². The summed E-state index contributed by atoms with van der Waals surface area (Å²) in [7, 11) is 1.56. The minimum absolute atomic E-state index is 0.104. The van der Waals surface area contributed by atoms with Crippen LogP contribution in [0.1, 0.15) is 21.5 Å². The van der Waals surface area contributed by atoms with Gasteiger partial charge in [0.15, 0.2) is 0 Å². The highest BCUT2D eigenvalue weighted by Gasteiger charge is 2.38. The van der Waals surface area contributed by atoms with E-state index in [1.807, 2.05) is 37.3 Å². The maximum Gasteiger partial charge on any atom is 0.257 e. The van der Waals surface area contributed by atoms with Crippen molar-refractivity contribution in [3.05, 3.63) is 65.2 Å². The van der Waals surface area contributed by atoms with Gasteiger partial charge in [0.1, 0.15) is 11.4 Å².